The standard InChI is InChI=1S/C14H16Br2ClN3/c1-3-11-14(17)13(20(4-2)19-11)8-18-12-6-5-9(15)7-10(12)16/h5-7,18H,3-4,8H2,1-2H3. The lowest BCUT2D eigenvalue weighted by Crippen LogP contribution is -2.08. The van der Waals surface area contributed by atoms with Crippen molar-refractivity contribution in [3.8, 4) is 0 Å². The predicted molar refractivity (Wildman–Crippen MR) is 91.5 cm³/mol. The van der Waals surface area contributed by atoms with Crippen molar-refractivity contribution in [1.82, 2.24) is 9.78 Å². The highest BCUT2D eigenvalue weighted by Gasteiger charge is 2.14. The van der Waals surface area contributed by atoms with Gasteiger partial charge in [-0.1, -0.05) is 34.5 Å². The number of nitrogens with one attached hydrogen (secondary N) is 1. The van der Waals surface area contributed by atoms with E-state index >= 15 is 0 Å². The minimum Gasteiger partial charge on any atom is -0.378 e. The molecule has 0 aliphatic carbocycles. The molecule has 0 saturated carbocycles. The molecule has 1 N–H and O–H groups in total. The fourth-order valence-electron chi connectivity index (χ4n) is 2.00. The van der Waals surface area contributed by atoms with Gasteiger partial charge in [0.15, 0.2) is 0 Å². The first-order chi connectivity index (χ1) is 9.56. The topological polar surface area (TPSA) is 29.9 Å². The van der Waals surface area contributed by atoms with Crippen molar-refractivity contribution in [2.24, 2.45) is 0 Å². The van der Waals surface area contributed by atoms with Gasteiger partial charge in [0.25, 0.3) is 0 Å². The number of aromatic nitrogens is 2. The third kappa shape index (κ3) is 3.38. The first-order valence-corrected chi connectivity index (χ1v) is 8.46. The van der Waals surface area contributed by atoms with Crippen molar-refractivity contribution < 1.29 is 0 Å². The zero-order valence-electron chi connectivity index (χ0n) is 11.4. The van der Waals surface area contributed by atoms with E-state index in [4.69, 9.17) is 11.6 Å². The van der Waals surface area contributed by atoms with Gasteiger partial charge in [-0.15, -0.1) is 0 Å². The van der Waals surface area contributed by atoms with E-state index in [1.807, 2.05) is 22.9 Å². The lowest BCUT2D eigenvalue weighted by Gasteiger charge is -2.10. The van der Waals surface area contributed by atoms with Crippen LogP contribution in [0.5, 0.6) is 0 Å². The number of aryl methyl sites for hydroxylation is 2. The number of rotatable bonds is 5. The molecule has 0 aliphatic heterocycles. The van der Waals surface area contributed by atoms with Crippen LogP contribution in [0.2, 0.25) is 5.02 Å². The summed E-state index contributed by atoms with van der Waals surface area (Å²) >= 11 is 13.4. The van der Waals surface area contributed by atoms with Gasteiger partial charge in [0.1, 0.15) is 0 Å². The van der Waals surface area contributed by atoms with Crippen molar-refractivity contribution in [1.29, 1.82) is 0 Å². The third-order valence-electron chi connectivity index (χ3n) is 3.07. The van der Waals surface area contributed by atoms with Crippen molar-refractivity contribution >= 4 is 49.1 Å². The van der Waals surface area contributed by atoms with Gasteiger partial charge in [-0.25, -0.2) is 0 Å². The van der Waals surface area contributed by atoms with Crippen molar-refractivity contribution in [3.05, 3.63) is 43.6 Å². The monoisotopic (exact) mass is 419 g/mol. The minimum absolute atomic E-state index is 0.653. The lowest BCUT2D eigenvalue weighted by molar-refractivity contribution is 0.619. The molecule has 0 spiro atoms. The van der Waals surface area contributed by atoms with Crippen molar-refractivity contribution in [3.63, 3.8) is 0 Å². The van der Waals surface area contributed by atoms with Crippen LogP contribution in [0.3, 0.4) is 0 Å². The molecule has 0 radical (unpaired) electrons. The second-order valence-corrected chi connectivity index (χ2v) is 6.50. The maximum atomic E-state index is 6.40. The van der Waals surface area contributed by atoms with Crippen LogP contribution in [0.15, 0.2) is 27.1 Å². The van der Waals surface area contributed by atoms with E-state index in [0.29, 0.717) is 6.54 Å². The van der Waals surface area contributed by atoms with Gasteiger partial charge in [-0.2, -0.15) is 5.10 Å². The number of benzene rings is 1. The molecule has 0 fully saturated rings. The Kier molecular flexibility index (Phi) is 5.52. The average Bonchev–Trinajstić information content (AvgIpc) is 2.74. The summed E-state index contributed by atoms with van der Waals surface area (Å²) in [5, 5.41) is 8.69. The maximum absolute atomic E-state index is 6.40. The van der Waals surface area contributed by atoms with Gasteiger partial charge in [-0.05, 0) is 47.5 Å². The van der Waals surface area contributed by atoms with Crippen LogP contribution in [0.25, 0.3) is 0 Å². The smallest absolute Gasteiger partial charge is 0.0868 e. The Labute approximate surface area is 141 Å². The van der Waals surface area contributed by atoms with Crippen LogP contribution < -0.4 is 5.32 Å². The fraction of sp³-hybridized carbons (Fsp3) is 0.357. The zero-order chi connectivity index (χ0) is 14.7. The Hall–Kier alpha value is -0.520. The molecular weight excluding hydrogens is 405 g/mol. The van der Waals surface area contributed by atoms with E-state index in [1.54, 1.807) is 0 Å². The summed E-state index contributed by atoms with van der Waals surface area (Å²) in [6.45, 7) is 5.61. The largest absolute Gasteiger partial charge is 0.378 e. The molecular formula is C14H16Br2ClN3. The molecule has 1 heterocycles. The molecule has 1 aromatic heterocycles. The first-order valence-electron chi connectivity index (χ1n) is 6.49. The summed E-state index contributed by atoms with van der Waals surface area (Å²) < 4.78 is 4.02. The van der Waals surface area contributed by atoms with Crippen molar-refractivity contribution in [2.45, 2.75) is 33.4 Å². The highest BCUT2D eigenvalue weighted by Crippen LogP contribution is 2.28. The van der Waals surface area contributed by atoms with E-state index in [2.05, 4.69) is 56.1 Å². The molecule has 1 aromatic carbocycles. The number of anilines is 1. The molecule has 0 bridgehead atoms. The fourth-order valence-corrected chi connectivity index (χ4v) is 3.52. The Morgan fingerprint density at radius 3 is 2.65 bits per heavy atom. The summed E-state index contributed by atoms with van der Waals surface area (Å²) in [4.78, 5) is 0. The number of hydrogen-bond donors (Lipinski definition) is 1. The molecule has 2 aromatic rings. The van der Waals surface area contributed by atoms with E-state index in [-0.39, 0.29) is 0 Å². The molecule has 0 atom stereocenters. The van der Waals surface area contributed by atoms with E-state index < -0.39 is 0 Å². The predicted octanol–water partition coefficient (Wildman–Crippen LogP) is 5.26. The first kappa shape index (κ1) is 15.9. The quantitative estimate of drug-likeness (QED) is 0.714. The summed E-state index contributed by atoms with van der Waals surface area (Å²) in [5.41, 5.74) is 3.02. The Balaban J connectivity index is 2.20. The molecule has 108 valence electrons. The molecule has 0 saturated heterocycles. The SMILES string of the molecule is CCc1nn(CC)c(CNc2ccc(Br)cc2Br)c1Cl. The second kappa shape index (κ2) is 6.96. The van der Waals surface area contributed by atoms with Crippen LogP contribution >= 0.6 is 43.5 Å². The minimum atomic E-state index is 0.653. The normalized spacial score (nSPS) is 10.8. The maximum Gasteiger partial charge on any atom is 0.0868 e. The average molecular weight is 422 g/mol. The Morgan fingerprint density at radius 1 is 1.30 bits per heavy atom. The third-order valence-corrected chi connectivity index (χ3v) is 4.66. The number of nitrogens with zero attached hydrogens (tertiary/aromatic N) is 2. The van der Waals surface area contributed by atoms with Gasteiger partial charge < -0.3 is 5.32 Å². The molecule has 2 rings (SSSR count). The van der Waals surface area contributed by atoms with Gasteiger partial charge in [-0.3, -0.25) is 4.68 Å². The zero-order valence-corrected chi connectivity index (χ0v) is 15.3. The van der Waals surface area contributed by atoms with E-state index in [0.717, 1.165) is 44.0 Å². The van der Waals surface area contributed by atoms with Crippen LogP contribution in [-0.2, 0) is 19.5 Å². The van der Waals surface area contributed by atoms with Gasteiger partial charge in [0.05, 0.1) is 23.0 Å². The molecule has 0 unspecified atom stereocenters. The van der Waals surface area contributed by atoms with Crippen molar-refractivity contribution in [2.75, 3.05) is 5.32 Å². The van der Waals surface area contributed by atoms with Crippen LogP contribution in [0, 0.1) is 0 Å². The lowest BCUT2D eigenvalue weighted by atomic mass is 10.3. The summed E-state index contributed by atoms with van der Waals surface area (Å²) in [6.07, 6.45) is 0.848. The Morgan fingerprint density at radius 2 is 2.05 bits per heavy atom. The van der Waals surface area contributed by atoms with Crippen LogP contribution in [0.4, 0.5) is 5.69 Å². The number of halogens is 3. The van der Waals surface area contributed by atoms with E-state index in [9.17, 15) is 0 Å². The number of hydrogen-bond acceptors (Lipinski definition) is 2. The van der Waals surface area contributed by atoms with Crippen LogP contribution in [-0.4, -0.2) is 9.78 Å². The molecule has 0 aliphatic rings. The molecule has 6 heteroatoms. The molecule has 3 nitrogen and oxygen atoms in total. The van der Waals surface area contributed by atoms with Gasteiger partial charge in [0.2, 0.25) is 0 Å². The molecule has 20 heavy (non-hydrogen) atoms. The van der Waals surface area contributed by atoms with Crippen LogP contribution in [0.1, 0.15) is 25.2 Å². The van der Waals surface area contributed by atoms with Gasteiger partial charge >= 0.3 is 0 Å². The second-order valence-electron chi connectivity index (χ2n) is 4.35. The highest BCUT2D eigenvalue weighted by atomic mass is 79.9. The highest BCUT2D eigenvalue weighted by molar-refractivity contribution is 9.11. The summed E-state index contributed by atoms with van der Waals surface area (Å²) in [5.74, 6) is 0. The summed E-state index contributed by atoms with van der Waals surface area (Å²) in [6, 6.07) is 6.04. The molecule has 0 amide bonds. The summed E-state index contributed by atoms with van der Waals surface area (Å²) in [7, 11) is 0. The van der Waals surface area contributed by atoms with Gasteiger partial charge in [0, 0.05) is 21.2 Å². The van der Waals surface area contributed by atoms with E-state index in [1.165, 1.54) is 0 Å². The Bertz CT molecular complexity index is 611.